The van der Waals surface area contributed by atoms with Crippen molar-refractivity contribution < 1.29 is 0 Å². The smallest absolute Gasteiger partial charge is 0.0541 e. The summed E-state index contributed by atoms with van der Waals surface area (Å²) in [7, 11) is 0. The SMILES string of the molecule is NC(CSc1ccccc1Cl)CC1CCCC1. The molecule has 0 amide bonds. The minimum absolute atomic E-state index is 0.305. The lowest BCUT2D eigenvalue weighted by molar-refractivity contribution is 0.462. The molecule has 1 atom stereocenters. The van der Waals surface area contributed by atoms with Gasteiger partial charge in [-0.3, -0.25) is 0 Å². The standard InChI is InChI=1S/C14H20ClNS/c15-13-7-3-4-8-14(13)17-10-12(16)9-11-5-1-2-6-11/h3-4,7-8,11-12H,1-2,5-6,9-10,16H2. The zero-order chi connectivity index (χ0) is 12.1. The van der Waals surface area contributed by atoms with Gasteiger partial charge in [0.15, 0.2) is 0 Å². The van der Waals surface area contributed by atoms with Gasteiger partial charge in [-0.1, -0.05) is 49.4 Å². The van der Waals surface area contributed by atoms with Crippen molar-refractivity contribution >= 4 is 23.4 Å². The molecule has 1 aromatic carbocycles. The molecular formula is C14H20ClNS. The first-order valence-electron chi connectivity index (χ1n) is 6.38. The number of hydrogen-bond donors (Lipinski definition) is 1. The van der Waals surface area contributed by atoms with E-state index in [0.29, 0.717) is 6.04 Å². The van der Waals surface area contributed by atoms with E-state index in [1.54, 1.807) is 11.8 Å². The molecule has 0 spiro atoms. The molecule has 0 saturated heterocycles. The van der Waals surface area contributed by atoms with Crippen LogP contribution in [0.3, 0.4) is 0 Å². The predicted molar refractivity (Wildman–Crippen MR) is 76.7 cm³/mol. The van der Waals surface area contributed by atoms with E-state index in [9.17, 15) is 0 Å². The van der Waals surface area contributed by atoms with Crippen molar-refractivity contribution in [1.29, 1.82) is 0 Å². The maximum atomic E-state index is 6.19. The van der Waals surface area contributed by atoms with Crippen LogP contribution < -0.4 is 5.73 Å². The highest BCUT2D eigenvalue weighted by Crippen LogP contribution is 2.31. The minimum Gasteiger partial charge on any atom is -0.327 e. The number of thioether (sulfide) groups is 1. The largest absolute Gasteiger partial charge is 0.327 e. The Labute approximate surface area is 113 Å². The van der Waals surface area contributed by atoms with E-state index < -0.39 is 0 Å². The van der Waals surface area contributed by atoms with Gasteiger partial charge in [0.2, 0.25) is 0 Å². The summed E-state index contributed by atoms with van der Waals surface area (Å²) in [6, 6.07) is 8.29. The van der Waals surface area contributed by atoms with Crippen LogP contribution in [-0.4, -0.2) is 11.8 Å². The molecule has 2 rings (SSSR count). The molecule has 1 unspecified atom stereocenters. The van der Waals surface area contributed by atoms with Crippen LogP contribution in [0, 0.1) is 5.92 Å². The zero-order valence-electron chi connectivity index (χ0n) is 10.1. The lowest BCUT2D eigenvalue weighted by atomic mass is 10.00. The van der Waals surface area contributed by atoms with Crippen molar-refractivity contribution in [2.75, 3.05) is 5.75 Å². The lowest BCUT2D eigenvalue weighted by Gasteiger charge is -2.16. The van der Waals surface area contributed by atoms with E-state index in [2.05, 4.69) is 6.07 Å². The van der Waals surface area contributed by atoms with Gasteiger partial charge in [0.1, 0.15) is 0 Å². The fourth-order valence-corrected chi connectivity index (χ4v) is 3.71. The molecule has 1 nitrogen and oxygen atoms in total. The van der Waals surface area contributed by atoms with Crippen LogP contribution in [0.15, 0.2) is 29.2 Å². The second-order valence-electron chi connectivity index (χ2n) is 4.89. The summed E-state index contributed by atoms with van der Waals surface area (Å²) in [5, 5.41) is 0.838. The Balaban J connectivity index is 1.75. The van der Waals surface area contributed by atoms with E-state index in [1.807, 2.05) is 18.2 Å². The summed E-state index contributed by atoms with van der Waals surface area (Å²) < 4.78 is 0. The van der Waals surface area contributed by atoms with Gasteiger partial charge in [0.25, 0.3) is 0 Å². The number of rotatable bonds is 5. The Bertz CT molecular complexity index is 350. The van der Waals surface area contributed by atoms with E-state index in [0.717, 1.165) is 21.6 Å². The Hall–Kier alpha value is -0.180. The average molecular weight is 270 g/mol. The van der Waals surface area contributed by atoms with Crippen molar-refractivity contribution in [3.8, 4) is 0 Å². The van der Waals surface area contributed by atoms with E-state index in [1.165, 1.54) is 32.1 Å². The summed E-state index contributed by atoms with van der Waals surface area (Å²) in [5.74, 6) is 1.84. The van der Waals surface area contributed by atoms with Crippen LogP contribution in [0.25, 0.3) is 0 Å². The Kier molecular flexibility index (Phi) is 5.20. The molecule has 0 radical (unpaired) electrons. The zero-order valence-corrected chi connectivity index (χ0v) is 11.6. The molecule has 3 heteroatoms. The van der Waals surface area contributed by atoms with Gasteiger partial charge in [-0.05, 0) is 24.5 Å². The van der Waals surface area contributed by atoms with Gasteiger partial charge in [-0.15, -0.1) is 11.8 Å². The maximum Gasteiger partial charge on any atom is 0.0541 e. The van der Waals surface area contributed by atoms with Gasteiger partial charge in [-0.2, -0.15) is 0 Å². The molecule has 1 saturated carbocycles. The number of hydrogen-bond acceptors (Lipinski definition) is 2. The minimum atomic E-state index is 0.305. The molecule has 0 aromatic heterocycles. The van der Waals surface area contributed by atoms with Gasteiger partial charge in [0, 0.05) is 16.7 Å². The van der Waals surface area contributed by atoms with E-state index in [4.69, 9.17) is 17.3 Å². The topological polar surface area (TPSA) is 26.0 Å². The molecule has 1 aliphatic rings. The van der Waals surface area contributed by atoms with Gasteiger partial charge in [0.05, 0.1) is 5.02 Å². The number of halogens is 1. The second kappa shape index (κ2) is 6.67. The highest BCUT2D eigenvalue weighted by molar-refractivity contribution is 7.99. The normalized spacial score (nSPS) is 18.5. The predicted octanol–water partition coefficient (Wildman–Crippen LogP) is 4.34. The second-order valence-corrected chi connectivity index (χ2v) is 6.36. The monoisotopic (exact) mass is 269 g/mol. The number of benzene rings is 1. The molecule has 17 heavy (non-hydrogen) atoms. The van der Waals surface area contributed by atoms with Gasteiger partial charge in [-0.25, -0.2) is 0 Å². The summed E-state index contributed by atoms with van der Waals surface area (Å²) in [6.07, 6.45) is 6.73. The molecule has 0 aliphatic heterocycles. The van der Waals surface area contributed by atoms with Crippen LogP contribution in [0.2, 0.25) is 5.02 Å². The van der Waals surface area contributed by atoms with Crippen LogP contribution >= 0.6 is 23.4 Å². The molecule has 1 fully saturated rings. The maximum absolute atomic E-state index is 6.19. The summed E-state index contributed by atoms with van der Waals surface area (Å²) >= 11 is 7.90. The molecular weight excluding hydrogens is 250 g/mol. The quantitative estimate of drug-likeness (QED) is 0.805. The third-order valence-corrected chi connectivity index (χ3v) is 5.10. The van der Waals surface area contributed by atoms with Crippen molar-refractivity contribution in [2.24, 2.45) is 11.7 Å². The highest BCUT2D eigenvalue weighted by atomic mass is 35.5. The molecule has 1 aromatic rings. The van der Waals surface area contributed by atoms with Crippen LogP contribution in [-0.2, 0) is 0 Å². The third-order valence-electron chi connectivity index (χ3n) is 3.40. The highest BCUT2D eigenvalue weighted by Gasteiger charge is 2.18. The van der Waals surface area contributed by atoms with E-state index in [-0.39, 0.29) is 0 Å². The summed E-state index contributed by atoms with van der Waals surface area (Å²) in [4.78, 5) is 1.15. The van der Waals surface area contributed by atoms with Crippen molar-refractivity contribution in [3.05, 3.63) is 29.3 Å². The summed E-state index contributed by atoms with van der Waals surface area (Å²) in [5.41, 5.74) is 6.19. The molecule has 1 aliphatic carbocycles. The molecule has 0 bridgehead atoms. The van der Waals surface area contributed by atoms with Crippen LogP contribution in [0.1, 0.15) is 32.1 Å². The van der Waals surface area contributed by atoms with Crippen molar-refractivity contribution in [2.45, 2.75) is 43.0 Å². The fourth-order valence-electron chi connectivity index (χ4n) is 2.50. The molecule has 2 N–H and O–H groups in total. The van der Waals surface area contributed by atoms with E-state index >= 15 is 0 Å². The Morgan fingerprint density at radius 3 is 2.71 bits per heavy atom. The first-order chi connectivity index (χ1) is 8.25. The molecule has 0 heterocycles. The lowest BCUT2D eigenvalue weighted by Crippen LogP contribution is -2.25. The van der Waals surface area contributed by atoms with Crippen LogP contribution in [0.4, 0.5) is 0 Å². The fraction of sp³-hybridized carbons (Fsp3) is 0.571. The van der Waals surface area contributed by atoms with Crippen molar-refractivity contribution in [3.63, 3.8) is 0 Å². The van der Waals surface area contributed by atoms with Crippen LogP contribution in [0.5, 0.6) is 0 Å². The Morgan fingerprint density at radius 1 is 1.29 bits per heavy atom. The first-order valence-corrected chi connectivity index (χ1v) is 7.75. The van der Waals surface area contributed by atoms with Gasteiger partial charge >= 0.3 is 0 Å². The Morgan fingerprint density at radius 2 is 2.00 bits per heavy atom. The van der Waals surface area contributed by atoms with Crippen molar-refractivity contribution in [1.82, 2.24) is 0 Å². The third kappa shape index (κ3) is 4.20. The average Bonchev–Trinajstić information content (AvgIpc) is 2.81. The molecule has 94 valence electrons. The number of nitrogens with two attached hydrogens (primary N) is 1. The summed E-state index contributed by atoms with van der Waals surface area (Å²) in [6.45, 7) is 0. The van der Waals surface area contributed by atoms with Gasteiger partial charge < -0.3 is 5.73 Å². The first kappa shape index (κ1) is 13.3.